The molecule has 0 N–H and O–H groups in total. The van der Waals surface area contributed by atoms with Gasteiger partial charge in [-0.25, -0.2) is 0 Å². The maximum absolute atomic E-state index is 5.76. The van der Waals surface area contributed by atoms with E-state index in [4.69, 9.17) is 33.2 Å². The molecule has 7 nitrogen and oxygen atoms in total. The van der Waals surface area contributed by atoms with Crippen molar-refractivity contribution in [2.75, 3.05) is 73.2 Å². The van der Waals surface area contributed by atoms with E-state index in [0.717, 1.165) is 11.5 Å². The summed E-state index contributed by atoms with van der Waals surface area (Å²) in [6.45, 7) is 5.50. The second kappa shape index (κ2) is 12.5. The Hall–Kier alpha value is -0.900. The summed E-state index contributed by atoms with van der Waals surface area (Å²) in [4.78, 5) is 0. The average Bonchev–Trinajstić information content (AvgIpc) is 3.07. The molecule has 2 heterocycles. The van der Waals surface area contributed by atoms with Gasteiger partial charge in [0.1, 0.15) is 6.61 Å². The van der Waals surface area contributed by atoms with E-state index >= 15 is 0 Å². The summed E-state index contributed by atoms with van der Waals surface area (Å²) in [5, 5.41) is 3.88. The van der Waals surface area contributed by atoms with Gasteiger partial charge in [0.15, 0.2) is 17.6 Å². The molecule has 0 saturated carbocycles. The van der Waals surface area contributed by atoms with Crippen LogP contribution >= 0.6 is 11.3 Å². The third-order valence-corrected chi connectivity index (χ3v) is 3.86. The fraction of sp³-hybridized carbons (Fsp3) is 0.750. The van der Waals surface area contributed by atoms with Crippen LogP contribution in [0.1, 0.15) is 0 Å². The molecule has 0 aliphatic carbocycles. The summed E-state index contributed by atoms with van der Waals surface area (Å²) in [7, 11) is 1.65. The lowest BCUT2D eigenvalue weighted by Crippen LogP contribution is -2.33. The van der Waals surface area contributed by atoms with Gasteiger partial charge >= 0.3 is 0 Å². The molecule has 1 aliphatic rings. The highest BCUT2D eigenvalue weighted by molar-refractivity contribution is 7.08. The molecule has 1 atom stereocenters. The van der Waals surface area contributed by atoms with Gasteiger partial charge in [-0.3, -0.25) is 0 Å². The van der Waals surface area contributed by atoms with E-state index < -0.39 is 0 Å². The zero-order valence-electron chi connectivity index (χ0n) is 14.1. The van der Waals surface area contributed by atoms with Gasteiger partial charge in [-0.05, 0) is 0 Å². The van der Waals surface area contributed by atoms with Crippen molar-refractivity contribution in [3.05, 3.63) is 10.8 Å². The monoisotopic (exact) mass is 362 g/mol. The van der Waals surface area contributed by atoms with Crippen LogP contribution < -0.4 is 9.47 Å². The van der Waals surface area contributed by atoms with Gasteiger partial charge in [-0.1, -0.05) is 0 Å². The lowest BCUT2D eigenvalue weighted by Gasteiger charge is -2.24. The molecule has 24 heavy (non-hydrogen) atoms. The minimum Gasteiger partial charge on any atom is -0.485 e. The lowest BCUT2D eigenvalue weighted by molar-refractivity contribution is -0.0261. The first-order valence-electron chi connectivity index (χ1n) is 8.05. The summed E-state index contributed by atoms with van der Waals surface area (Å²) in [6, 6.07) is 0. The van der Waals surface area contributed by atoms with Crippen LogP contribution in [0.4, 0.5) is 0 Å². The molecule has 1 aliphatic heterocycles. The summed E-state index contributed by atoms with van der Waals surface area (Å²) in [6.07, 6.45) is -0.0615. The Morgan fingerprint density at radius 3 is 2.12 bits per heavy atom. The molecule has 1 unspecified atom stereocenters. The molecule has 1 aromatic rings. The van der Waals surface area contributed by atoms with Crippen molar-refractivity contribution < 1.29 is 33.2 Å². The topological polar surface area (TPSA) is 64.6 Å². The molecular formula is C16H26O7S. The molecule has 2 rings (SSSR count). The van der Waals surface area contributed by atoms with E-state index in [0.29, 0.717) is 66.1 Å². The van der Waals surface area contributed by atoms with Gasteiger partial charge in [0.05, 0.1) is 59.5 Å². The number of hydrogen-bond acceptors (Lipinski definition) is 8. The lowest BCUT2D eigenvalue weighted by atomic mass is 10.3. The Labute approximate surface area is 146 Å². The Morgan fingerprint density at radius 2 is 1.46 bits per heavy atom. The average molecular weight is 362 g/mol. The van der Waals surface area contributed by atoms with Crippen LogP contribution in [0.5, 0.6) is 11.5 Å². The second-order valence-electron chi connectivity index (χ2n) is 5.06. The SMILES string of the molecule is COCCOCCOCCOCCOCC1COc2cscc2O1. The standard InChI is InChI=1S/C16H26O7S/c1-17-2-3-18-4-5-19-6-7-20-8-9-21-10-14-11-22-15-12-24-13-16(15)23-14/h12-14H,2-11H2,1H3. The second-order valence-corrected chi connectivity index (χ2v) is 5.80. The Balaban J connectivity index is 1.33. The van der Waals surface area contributed by atoms with Gasteiger partial charge < -0.3 is 33.2 Å². The van der Waals surface area contributed by atoms with E-state index in [1.807, 2.05) is 10.8 Å². The summed E-state index contributed by atoms with van der Waals surface area (Å²) < 4.78 is 37.8. The van der Waals surface area contributed by atoms with Crippen LogP contribution in [0.3, 0.4) is 0 Å². The van der Waals surface area contributed by atoms with Crippen LogP contribution in [0.15, 0.2) is 10.8 Å². The van der Waals surface area contributed by atoms with Crippen LogP contribution in [-0.2, 0) is 23.7 Å². The first-order chi connectivity index (χ1) is 11.9. The predicted molar refractivity (Wildman–Crippen MR) is 89.4 cm³/mol. The van der Waals surface area contributed by atoms with E-state index in [-0.39, 0.29) is 6.10 Å². The molecule has 0 spiro atoms. The van der Waals surface area contributed by atoms with Crippen molar-refractivity contribution >= 4 is 11.3 Å². The van der Waals surface area contributed by atoms with Crippen LogP contribution in [-0.4, -0.2) is 79.3 Å². The van der Waals surface area contributed by atoms with Crippen molar-refractivity contribution in [3.8, 4) is 11.5 Å². The quantitative estimate of drug-likeness (QED) is 0.466. The molecular weight excluding hydrogens is 336 g/mol. The highest BCUT2D eigenvalue weighted by Crippen LogP contribution is 2.35. The van der Waals surface area contributed by atoms with Gasteiger partial charge in [-0.2, -0.15) is 0 Å². The van der Waals surface area contributed by atoms with Crippen molar-refractivity contribution in [3.63, 3.8) is 0 Å². The van der Waals surface area contributed by atoms with Crippen LogP contribution in [0.2, 0.25) is 0 Å². The maximum atomic E-state index is 5.76. The fourth-order valence-electron chi connectivity index (χ4n) is 1.96. The molecule has 0 bridgehead atoms. The zero-order chi connectivity index (χ0) is 16.9. The van der Waals surface area contributed by atoms with Crippen molar-refractivity contribution in [2.24, 2.45) is 0 Å². The minimum absolute atomic E-state index is 0.0615. The van der Waals surface area contributed by atoms with Crippen LogP contribution in [0, 0.1) is 0 Å². The smallest absolute Gasteiger partial charge is 0.172 e. The minimum atomic E-state index is -0.0615. The maximum Gasteiger partial charge on any atom is 0.172 e. The zero-order valence-corrected chi connectivity index (χ0v) is 14.9. The molecule has 0 saturated heterocycles. The van der Waals surface area contributed by atoms with Crippen molar-refractivity contribution in [1.82, 2.24) is 0 Å². The molecule has 0 radical (unpaired) electrons. The predicted octanol–water partition coefficient (Wildman–Crippen LogP) is 1.60. The highest BCUT2D eigenvalue weighted by atomic mass is 32.1. The molecule has 1 aromatic heterocycles. The fourth-order valence-corrected chi connectivity index (χ4v) is 2.63. The number of thiophene rings is 1. The van der Waals surface area contributed by atoms with E-state index in [1.54, 1.807) is 18.4 Å². The molecule has 8 heteroatoms. The number of hydrogen-bond donors (Lipinski definition) is 0. The number of ether oxygens (including phenoxy) is 7. The third kappa shape index (κ3) is 7.78. The summed E-state index contributed by atoms with van der Waals surface area (Å²) >= 11 is 1.57. The normalized spacial score (nSPS) is 16.5. The number of fused-ring (bicyclic) bond motifs is 1. The largest absolute Gasteiger partial charge is 0.485 e. The summed E-state index contributed by atoms with van der Waals surface area (Å²) in [5.41, 5.74) is 0. The van der Waals surface area contributed by atoms with Crippen molar-refractivity contribution in [1.29, 1.82) is 0 Å². The van der Waals surface area contributed by atoms with Gasteiger partial charge in [0.25, 0.3) is 0 Å². The number of methoxy groups -OCH3 is 1. The van der Waals surface area contributed by atoms with E-state index in [9.17, 15) is 0 Å². The van der Waals surface area contributed by atoms with Crippen molar-refractivity contribution in [2.45, 2.75) is 6.10 Å². The Bertz CT molecular complexity index is 426. The number of rotatable bonds is 14. The first-order valence-corrected chi connectivity index (χ1v) is 9.00. The molecule has 0 amide bonds. The van der Waals surface area contributed by atoms with Gasteiger partial charge in [0.2, 0.25) is 0 Å². The van der Waals surface area contributed by atoms with Crippen LogP contribution in [0.25, 0.3) is 0 Å². The highest BCUT2D eigenvalue weighted by Gasteiger charge is 2.21. The molecule has 138 valence electrons. The molecule has 0 aromatic carbocycles. The van der Waals surface area contributed by atoms with E-state index in [1.165, 1.54) is 0 Å². The third-order valence-electron chi connectivity index (χ3n) is 3.16. The van der Waals surface area contributed by atoms with Gasteiger partial charge in [-0.15, -0.1) is 11.3 Å². The van der Waals surface area contributed by atoms with E-state index in [2.05, 4.69) is 0 Å². The Morgan fingerprint density at radius 1 is 0.875 bits per heavy atom. The Kier molecular flexibility index (Phi) is 10.1. The van der Waals surface area contributed by atoms with Gasteiger partial charge in [0, 0.05) is 17.9 Å². The molecule has 0 fully saturated rings. The summed E-state index contributed by atoms with van der Waals surface area (Å²) in [5.74, 6) is 1.63. The first kappa shape index (κ1) is 19.4.